The maximum atomic E-state index is 13.3. The molecule has 156 valence electrons. The number of aryl methyl sites for hydroxylation is 1. The molecule has 0 saturated carbocycles. The van der Waals surface area contributed by atoms with Crippen LogP contribution in [0.1, 0.15) is 32.0 Å². The van der Waals surface area contributed by atoms with Gasteiger partial charge in [0.05, 0.1) is 35.6 Å². The molecule has 2 aliphatic heterocycles. The molecule has 2 aromatic rings. The van der Waals surface area contributed by atoms with Crippen LogP contribution in [0.25, 0.3) is 5.69 Å². The van der Waals surface area contributed by atoms with Crippen molar-refractivity contribution in [2.45, 2.75) is 39.2 Å². The molecule has 1 aromatic heterocycles. The van der Waals surface area contributed by atoms with Gasteiger partial charge in [0.2, 0.25) is 5.75 Å². The molecule has 0 bridgehead atoms. The highest BCUT2D eigenvalue weighted by Gasteiger charge is 2.41. The van der Waals surface area contributed by atoms with Crippen LogP contribution < -0.4 is 15.2 Å². The maximum absolute atomic E-state index is 13.3. The lowest BCUT2D eigenvalue weighted by atomic mass is 9.77. The number of piperidine rings is 1. The first kappa shape index (κ1) is 20.5. The minimum absolute atomic E-state index is 0.221. The molecule has 2 aliphatic rings. The van der Waals surface area contributed by atoms with Gasteiger partial charge in [-0.25, -0.2) is 4.98 Å². The standard InChI is InChI=1S/C21H25Cl2N3O3/c1-13-11-21(12-29-13)7-9-25(10-8-21)19-18(28-3)20(27)26(14(2)24-19)16-6-4-5-15(22)17(16)23/h4-6,13H,7-12H2,1-3H3/t13-/m0/s1. The minimum atomic E-state index is -0.294. The Labute approximate surface area is 180 Å². The molecule has 1 atom stereocenters. The first-order chi connectivity index (χ1) is 13.8. The van der Waals surface area contributed by atoms with Crippen molar-refractivity contribution in [1.29, 1.82) is 0 Å². The molecule has 0 N–H and O–H groups in total. The summed E-state index contributed by atoms with van der Waals surface area (Å²) in [4.78, 5) is 20.2. The number of methoxy groups -OCH3 is 1. The largest absolute Gasteiger partial charge is 0.488 e. The summed E-state index contributed by atoms with van der Waals surface area (Å²) in [5.74, 6) is 1.35. The second-order valence-electron chi connectivity index (χ2n) is 8.04. The molecule has 2 saturated heterocycles. The number of benzene rings is 1. The number of nitrogens with zero attached hydrogens (tertiary/aromatic N) is 3. The lowest BCUT2D eigenvalue weighted by Gasteiger charge is -2.39. The van der Waals surface area contributed by atoms with Gasteiger partial charge in [0.1, 0.15) is 5.82 Å². The summed E-state index contributed by atoms with van der Waals surface area (Å²) in [7, 11) is 1.50. The zero-order valence-electron chi connectivity index (χ0n) is 16.9. The Balaban J connectivity index is 1.70. The fourth-order valence-corrected chi connectivity index (χ4v) is 4.91. The SMILES string of the molecule is COc1c(N2CCC3(CC2)CO[C@@H](C)C3)nc(C)n(-c2cccc(Cl)c2Cl)c1=O. The monoisotopic (exact) mass is 437 g/mol. The predicted molar refractivity (Wildman–Crippen MR) is 115 cm³/mol. The van der Waals surface area contributed by atoms with Crippen LogP contribution in [-0.4, -0.2) is 42.5 Å². The Morgan fingerprint density at radius 3 is 2.62 bits per heavy atom. The Morgan fingerprint density at radius 1 is 1.28 bits per heavy atom. The smallest absolute Gasteiger partial charge is 0.302 e. The van der Waals surface area contributed by atoms with E-state index < -0.39 is 0 Å². The summed E-state index contributed by atoms with van der Waals surface area (Å²) >= 11 is 12.5. The zero-order chi connectivity index (χ0) is 20.8. The first-order valence-electron chi connectivity index (χ1n) is 9.84. The van der Waals surface area contributed by atoms with E-state index in [0.29, 0.717) is 33.5 Å². The van der Waals surface area contributed by atoms with E-state index in [4.69, 9.17) is 37.7 Å². The molecule has 6 nitrogen and oxygen atoms in total. The van der Waals surface area contributed by atoms with E-state index in [1.807, 2.05) is 0 Å². The molecule has 29 heavy (non-hydrogen) atoms. The Hall–Kier alpha value is -1.76. The van der Waals surface area contributed by atoms with Gasteiger partial charge in [-0.15, -0.1) is 0 Å². The number of ether oxygens (including phenoxy) is 2. The lowest BCUT2D eigenvalue weighted by molar-refractivity contribution is 0.0975. The summed E-state index contributed by atoms with van der Waals surface area (Å²) in [5, 5.41) is 0.694. The average molecular weight is 438 g/mol. The molecule has 0 amide bonds. The van der Waals surface area contributed by atoms with Crippen LogP contribution in [-0.2, 0) is 4.74 Å². The summed E-state index contributed by atoms with van der Waals surface area (Å²) in [5.41, 5.74) is 0.451. The topological polar surface area (TPSA) is 56.6 Å². The van der Waals surface area contributed by atoms with Gasteiger partial charge >= 0.3 is 5.56 Å². The molecule has 4 rings (SSSR count). The highest BCUT2D eigenvalue weighted by atomic mass is 35.5. The third kappa shape index (κ3) is 3.62. The number of anilines is 1. The number of rotatable bonds is 3. The molecule has 0 aliphatic carbocycles. The third-order valence-electron chi connectivity index (χ3n) is 6.09. The first-order valence-corrected chi connectivity index (χ1v) is 10.6. The summed E-state index contributed by atoms with van der Waals surface area (Å²) in [6.07, 6.45) is 3.46. The van der Waals surface area contributed by atoms with Gasteiger partial charge in [0, 0.05) is 13.1 Å². The van der Waals surface area contributed by atoms with Gasteiger partial charge in [-0.1, -0.05) is 29.3 Å². The number of hydrogen-bond donors (Lipinski definition) is 0. The maximum Gasteiger partial charge on any atom is 0.302 e. The van der Waals surface area contributed by atoms with Crippen molar-refractivity contribution >= 4 is 29.0 Å². The van der Waals surface area contributed by atoms with Crippen LogP contribution in [0.5, 0.6) is 5.75 Å². The summed E-state index contributed by atoms with van der Waals surface area (Å²) in [6, 6.07) is 5.18. The van der Waals surface area contributed by atoms with Crippen LogP contribution in [0.3, 0.4) is 0 Å². The second-order valence-corrected chi connectivity index (χ2v) is 8.83. The van der Waals surface area contributed by atoms with Crippen molar-refractivity contribution < 1.29 is 9.47 Å². The molecule has 1 spiro atoms. The summed E-state index contributed by atoms with van der Waals surface area (Å²) in [6.45, 7) is 6.39. The zero-order valence-corrected chi connectivity index (χ0v) is 18.4. The van der Waals surface area contributed by atoms with Crippen LogP contribution in [0.2, 0.25) is 10.0 Å². The number of halogens is 2. The van der Waals surface area contributed by atoms with Crippen molar-refractivity contribution in [3.63, 3.8) is 0 Å². The van der Waals surface area contributed by atoms with Gasteiger partial charge in [0.15, 0.2) is 5.82 Å². The van der Waals surface area contributed by atoms with E-state index in [2.05, 4.69) is 11.8 Å². The van der Waals surface area contributed by atoms with Crippen LogP contribution in [0.15, 0.2) is 23.0 Å². The molecule has 0 unspecified atom stereocenters. The van der Waals surface area contributed by atoms with E-state index in [-0.39, 0.29) is 16.7 Å². The van der Waals surface area contributed by atoms with Crippen LogP contribution in [0.4, 0.5) is 5.82 Å². The van der Waals surface area contributed by atoms with E-state index in [9.17, 15) is 4.79 Å². The van der Waals surface area contributed by atoms with Crippen molar-refractivity contribution in [2.24, 2.45) is 5.41 Å². The molecular formula is C21H25Cl2N3O3. The number of hydrogen-bond acceptors (Lipinski definition) is 5. The van der Waals surface area contributed by atoms with E-state index >= 15 is 0 Å². The van der Waals surface area contributed by atoms with Crippen LogP contribution in [0, 0.1) is 12.3 Å². The van der Waals surface area contributed by atoms with E-state index in [0.717, 1.165) is 39.0 Å². The quantitative estimate of drug-likeness (QED) is 0.717. The van der Waals surface area contributed by atoms with Gasteiger partial charge in [0.25, 0.3) is 0 Å². The average Bonchev–Trinajstić information content (AvgIpc) is 3.05. The Kier molecular flexibility index (Phi) is 5.53. The summed E-state index contributed by atoms with van der Waals surface area (Å²) < 4.78 is 12.8. The van der Waals surface area contributed by atoms with Crippen LogP contribution >= 0.6 is 23.2 Å². The van der Waals surface area contributed by atoms with Gasteiger partial charge in [-0.3, -0.25) is 9.36 Å². The molecule has 0 radical (unpaired) electrons. The Morgan fingerprint density at radius 2 is 2.00 bits per heavy atom. The molecule has 1 aromatic carbocycles. The Bertz CT molecular complexity index is 984. The fourth-order valence-electron chi connectivity index (χ4n) is 4.53. The lowest BCUT2D eigenvalue weighted by Crippen LogP contribution is -2.42. The van der Waals surface area contributed by atoms with Crippen molar-refractivity contribution in [3.05, 3.63) is 44.4 Å². The van der Waals surface area contributed by atoms with Gasteiger partial charge < -0.3 is 14.4 Å². The highest BCUT2D eigenvalue weighted by Crippen LogP contribution is 2.43. The predicted octanol–water partition coefficient (Wildman–Crippen LogP) is 4.25. The van der Waals surface area contributed by atoms with Crippen molar-refractivity contribution in [1.82, 2.24) is 9.55 Å². The normalized spacial score (nSPS) is 21.0. The molecule has 2 fully saturated rings. The second kappa shape index (κ2) is 7.82. The van der Waals surface area contributed by atoms with Crippen molar-refractivity contribution in [3.8, 4) is 11.4 Å². The highest BCUT2D eigenvalue weighted by molar-refractivity contribution is 6.43. The van der Waals surface area contributed by atoms with Gasteiger partial charge in [-0.05, 0) is 50.7 Å². The number of aromatic nitrogens is 2. The molecule has 3 heterocycles. The molecular weight excluding hydrogens is 413 g/mol. The molecule has 8 heteroatoms. The third-order valence-corrected chi connectivity index (χ3v) is 6.90. The van der Waals surface area contributed by atoms with Crippen molar-refractivity contribution in [2.75, 3.05) is 31.7 Å². The van der Waals surface area contributed by atoms with Gasteiger partial charge in [-0.2, -0.15) is 0 Å². The van der Waals surface area contributed by atoms with E-state index in [1.54, 1.807) is 25.1 Å². The van der Waals surface area contributed by atoms with E-state index in [1.165, 1.54) is 11.7 Å². The minimum Gasteiger partial charge on any atom is -0.488 e. The fraction of sp³-hybridized carbons (Fsp3) is 0.524.